The number of piperidine rings is 1. The molecule has 3 rings (SSSR count). The van der Waals surface area contributed by atoms with Gasteiger partial charge >= 0.3 is 0 Å². The van der Waals surface area contributed by atoms with Crippen LogP contribution in [-0.4, -0.2) is 36.7 Å². The average Bonchev–Trinajstić information content (AvgIpc) is 2.49. The second-order valence-electron chi connectivity index (χ2n) is 6.22. The van der Waals surface area contributed by atoms with Crippen molar-refractivity contribution in [1.29, 1.82) is 0 Å². The van der Waals surface area contributed by atoms with Gasteiger partial charge in [-0.2, -0.15) is 0 Å². The van der Waals surface area contributed by atoms with Crippen LogP contribution in [-0.2, 0) is 0 Å². The van der Waals surface area contributed by atoms with E-state index in [1.54, 1.807) is 0 Å². The predicted octanol–water partition coefficient (Wildman–Crippen LogP) is 3.63. The smallest absolute Gasteiger partial charge is 0.125 e. The monoisotopic (exact) mass is 308 g/mol. The lowest BCUT2D eigenvalue weighted by molar-refractivity contribution is -0.0240. The molecule has 0 amide bonds. The molecule has 2 aliphatic rings. The number of hydrogen-bond donors (Lipinski definition) is 1. The predicted molar refractivity (Wildman–Crippen MR) is 87.2 cm³/mol. The number of nitrogens with zero attached hydrogens (tertiary/aromatic N) is 1. The molecule has 2 aliphatic heterocycles. The van der Waals surface area contributed by atoms with Crippen LogP contribution in [0.4, 0.5) is 0 Å². The Morgan fingerprint density at radius 3 is 2.76 bits per heavy atom. The first kappa shape index (κ1) is 15.1. The van der Waals surface area contributed by atoms with Gasteiger partial charge in [0.25, 0.3) is 0 Å². The van der Waals surface area contributed by atoms with E-state index in [0.29, 0.717) is 6.04 Å². The summed E-state index contributed by atoms with van der Waals surface area (Å²) in [4.78, 5) is 2.51. The van der Waals surface area contributed by atoms with E-state index in [0.717, 1.165) is 56.2 Å². The topological polar surface area (TPSA) is 24.5 Å². The SMILES string of the molecule is CCNC1CC2(CCN(CC)CC2)Oc2ccc(Cl)cc21. The van der Waals surface area contributed by atoms with Gasteiger partial charge in [-0.05, 0) is 44.1 Å². The number of fused-ring (bicyclic) bond motifs is 1. The zero-order valence-corrected chi connectivity index (χ0v) is 13.7. The lowest BCUT2D eigenvalue weighted by atomic mass is 9.80. The molecular weight excluding hydrogens is 284 g/mol. The minimum absolute atomic E-state index is 0.000659. The van der Waals surface area contributed by atoms with E-state index in [9.17, 15) is 0 Å². The van der Waals surface area contributed by atoms with Gasteiger partial charge in [0.2, 0.25) is 0 Å². The van der Waals surface area contributed by atoms with E-state index >= 15 is 0 Å². The maximum Gasteiger partial charge on any atom is 0.125 e. The van der Waals surface area contributed by atoms with Crippen molar-refractivity contribution >= 4 is 11.6 Å². The molecule has 116 valence electrons. The highest BCUT2D eigenvalue weighted by molar-refractivity contribution is 6.30. The zero-order chi connectivity index (χ0) is 14.9. The van der Waals surface area contributed by atoms with Crippen molar-refractivity contribution in [3.8, 4) is 5.75 Å². The van der Waals surface area contributed by atoms with Crippen LogP contribution in [0.5, 0.6) is 5.75 Å². The highest BCUT2D eigenvalue weighted by Gasteiger charge is 2.42. The first-order chi connectivity index (χ1) is 10.2. The molecule has 1 fully saturated rings. The third-order valence-corrected chi connectivity index (χ3v) is 5.15. The quantitative estimate of drug-likeness (QED) is 0.923. The van der Waals surface area contributed by atoms with Crippen molar-refractivity contribution in [2.45, 2.75) is 44.8 Å². The van der Waals surface area contributed by atoms with Crippen LogP contribution in [0.2, 0.25) is 5.02 Å². The molecule has 1 N–H and O–H groups in total. The first-order valence-corrected chi connectivity index (χ1v) is 8.48. The largest absolute Gasteiger partial charge is 0.487 e. The Morgan fingerprint density at radius 2 is 2.10 bits per heavy atom. The maximum absolute atomic E-state index is 6.46. The van der Waals surface area contributed by atoms with E-state index < -0.39 is 0 Å². The Morgan fingerprint density at radius 1 is 1.33 bits per heavy atom. The van der Waals surface area contributed by atoms with E-state index in [-0.39, 0.29) is 5.60 Å². The van der Waals surface area contributed by atoms with E-state index in [4.69, 9.17) is 16.3 Å². The highest BCUT2D eigenvalue weighted by atomic mass is 35.5. The first-order valence-electron chi connectivity index (χ1n) is 8.10. The number of likely N-dealkylation sites (tertiary alicyclic amines) is 1. The lowest BCUT2D eigenvalue weighted by Gasteiger charge is -2.47. The molecule has 4 heteroatoms. The number of benzene rings is 1. The number of rotatable bonds is 3. The number of halogens is 1. The van der Waals surface area contributed by atoms with Gasteiger partial charge in [-0.15, -0.1) is 0 Å². The second-order valence-corrected chi connectivity index (χ2v) is 6.65. The third kappa shape index (κ3) is 3.05. The minimum atomic E-state index is -0.000659. The standard InChI is InChI=1S/C17H25ClN2O/c1-3-19-15-12-17(7-9-20(4-2)10-8-17)21-16-6-5-13(18)11-14(15)16/h5-6,11,15,19H,3-4,7-10,12H2,1-2H3. The normalized spacial score (nSPS) is 24.6. The van der Waals surface area contributed by atoms with E-state index in [1.807, 2.05) is 12.1 Å². The van der Waals surface area contributed by atoms with Crippen molar-refractivity contribution in [2.75, 3.05) is 26.2 Å². The van der Waals surface area contributed by atoms with Crippen LogP contribution in [0.25, 0.3) is 0 Å². The fourth-order valence-electron chi connectivity index (χ4n) is 3.65. The van der Waals surface area contributed by atoms with Crippen LogP contribution < -0.4 is 10.1 Å². The molecule has 1 aromatic rings. The van der Waals surface area contributed by atoms with Crippen molar-refractivity contribution < 1.29 is 4.74 Å². The summed E-state index contributed by atoms with van der Waals surface area (Å²) in [6.07, 6.45) is 3.28. The molecule has 0 aromatic heterocycles. The Kier molecular flexibility index (Phi) is 4.43. The molecule has 1 saturated heterocycles. The molecule has 0 radical (unpaired) electrons. The number of ether oxygens (including phenoxy) is 1. The molecule has 2 heterocycles. The van der Waals surface area contributed by atoms with Gasteiger partial charge in [-0.1, -0.05) is 25.4 Å². The second kappa shape index (κ2) is 6.15. The van der Waals surface area contributed by atoms with Crippen LogP contribution in [0.15, 0.2) is 18.2 Å². The van der Waals surface area contributed by atoms with Crippen molar-refractivity contribution in [1.82, 2.24) is 10.2 Å². The fourth-order valence-corrected chi connectivity index (χ4v) is 3.83. The fraction of sp³-hybridized carbons (Fsp3) is 0.647. The van der Waals surface area contributed by atoms with Gasteiger partial charge in [0, 0.05) is 36.1 Å². The molecule has 1 unspecified atom stereocenters. The molecule has 1 aromatic carbocycles. The average molecular weight is 309 g/mol. The third-order valence-electron chi connectivity index (χ3n) is 4.91. The summed E-state index contributed by atoms with van der Waals surface area (Å²) >= 11 is 6.17. The minimum Gasteiger partial charge on any atom is -0.487 e. The van der Waals surface area contributed by atoms with Crippen molar-refractivity contribution in [2.24, 2.45) is 0 Å². The van der Waals surface area contributed by atoms with Gasteiger partial charge in [0.15, 0.2) is 0 Å². The van der Waals surface area contributed by atoms with E-state index in [1.165, 1.54) is 5.56 Å². The van der Waals surface area contributed by atoms with Gasteiger partial charge in [-0.3, -0.25) is 0 Å². The summed E-state index contributed by atoms with van der Waals surface area (Å²) in [5.74, 6) is 1.02. The van der Waals surface area contributed by atoms with E-state index in [2.05, 4.69) is 30.1 Å². The van der Waals surface area contributed by atoms with Crippen LogP contribution >= 0.6 is 11.6 Å². The van der Waals surface area contributed by atoms with Gasteiger partial charge < -0.3 is 15.0 Å². The summed E-state index contributed by atoms with van der Waals surface area (Å²) in [7, 11) is 0. The summed E-state index contributed by atoms with van der Waals surface area (Å²) in [6, 6.07) is 6.38. The van der Waals surface area contributed by atoms with Gasteiger partial charge in [0.05, 0.1) is 0 Å². The highest BCUT2D eigenvalue weighted by Crippen LogP contribution is 2.44. The molecule has 1 spiro atoms. The maximum atomic E-state index is 6.46. The molecule has 0 bridgehead atoms. The summed E-state index contributed by atoms with van der Waals surface area (Å²) < 4.78 is 6.46. The summed E-state index contributed by atoms with van der Waals surface area (Å²) in [6.45, 7) is 8.77. The van der Waals surface area contributed by atoms with Gasteiger partial charge in [-0.25, -0.2) is 0 Å². The summed E-state index contributed by atoms with van der Waals surface area (Å²) in [5.41, 5.74) is 1.21. The Labute approximate surface area is 132 Å². The molecular formula is C17H25ClN2O. The summed E-state index contributed by atoms with van der Waals surface area (Å²) in [5, 5.41) is 4.40. The molecule has 21 heavy (non-hydrogen) atoms. The van der Waals surface area contributed by atoms with Crippen LogP contribution in [0, 0.1) is 0 Å². The lowest BCUT2D eigenvalue weighted by Crippen LogP contribution is -2.51. The van der Waals surface area contributed by atoms with Crippen molar-refractivity contribution in [3.63, 3.8) is 0 Å². The molecule has 1 atom stereocenters. The van der Waals surface area contributed by atoms with Crippen LogP contribution in [0.3, 0.4) is 0 Å². The van der Waals surface area contributed by atoms with Gasteiger partial charge in [0.1, 0.15) is 11.4 Å². The van der Waals surface area contributed by atoms with Crippen molar-refractivity contribution in [3.05, 3.63) is 28.8 Å². The Balaban J connectivity index is 1.85. The Bertz CT molecular complexity index is 498. The zero-order valence-electron chi connectivity index (χ0n) is 13.0. The molecule has 3 nitrogen and oxygen atoms in total. The van der Waals surface area contributed by atoms with Crippen LogP contribution in [0.1, 0.15) is 44.7 Å². The number of hydrogen-bond acceptors (Lipinski definition) is 3. The molecule has 0 aliphatic carbocycles. The number of nitrogens with one attached hydrogen (secondary N) is 1. The molecule has 0 saturated carbocycles. The Hall–Kier alpha value is -0.770.